The van der Waals surface area contributed by atoms with E-state index in [1.165, 1.54) is 0 Å². The highest BCUT2D eigenvalue weighted by molar-refractivity contribution is 7.80. The molecule has 0 unspecified atom stereocenters. The molecule has 1 fully saturated rings. The zero-order valence-corrected chi connectivity index (χ0v) is 11.8. The van der Waals surface area contributed by atoms with Crippen molar-refractivity contribution in [2.24, 2.45) is 5.73 Å². The molecule has 0 aromatic rings. The predicted molar refractivity (Wildman–Crippen MR) is 73.2 cm³/mol. The number of carboxylic acids is 1. The average Bonchev–Trinajstić information content (AvgIpc) is 2.92. The molecule has 9 heteroatoms. The maximum absolute atomic E-state index is 12.2. The molecule has 0 aliphatic carbocycles. The number of amides is 2. The third kappa shape index (κ3) is 3.84. The van der Waals surface area contributed by atoms with Gasteiger partial charge in [0.15, 0.2) is 0 Å². The van der Waals surface area contributed by atoms with Gasteiger partial charge in [0.2, 0.25) is 11.8 Å². The van der Waals surface area contributed by atoms with Crippen LogP contribution in [0.5, 0.6) is 0 Å². The van der Waals surface area contributed by atoms with E-state index < -0.39 is 42.5 Å². The van der Waals surface area contributed by atoms with Crippen LogP contribution in [-0.4, -0.2) is 69.9 Å². The standard InChI is InChI=1S/C11H19N3O5S/c12-6(5-20)9(16)13-7(4-15)10(17)14-3-1-2-8(14)11(18)19/h6-8,15,20H,1-5,12H2,(H,13,16)(H,18,19)/t6-,7-,8-/m0/s1. The first-order valence-electron chi connectivity index (χ1n) is 6.23. The van der Waals surface area contributed by atoms with Crippen molar-refractivity contribution in [3.05, 3.63) is 0 Å². The van der Waals surface area contributed by atoms with E-state index in [9.17, 15) is 19.5 Å². The van der Waals surface area contributed by atoms with Crippen molar-refractivity contribution in [2.45, 2.75) is 31.0 Å². The summed E-state index contributed by atoms with van der Waals surface area (Å²) in [5, 5.41) is 20.5. The SMILES string of the molecule is N[C@@H](CS)C(=O)N[C@@H](CO)C(=O)N1CCC[C@H]1C(=O)O. The second kappa shape index (κ2) is 7.46. The van der Waals surface area contributed by atoms with Crippen molar-refractivity contribution in [1.29, 1.82) is 0 Å². The van der Waals surface area contributed by atoms with E-state index in [1.54, 1.807) is 0 Å². The molecule has 1 rings (SSSR count). The zero-order chi connectivity index (χ0) is 15.3. The number of hydrogen-bond acceptors (Lipinski definition) is 6. The number of nitrogens with one attached hydrogen (secondary N) is 1. The van der Waals surface area contributed by atoms with Gasteiger partial charge in [0.1, 0.15) is 12.1 Å². The van der Waals surface area contributed by atoms with Crippen molar-refractivity contribution in [2.75, 3.05) is 18.9 Å². The van der Waals surface area contributed by atoms with Gasteiger partial charge in [-0.3, -0.25) is 9.59 Å². The first-order chi connectivity index (χ1) is 9.42. The molecule has 0 bridgehead atoms. The fourth-order valence-electron chi connectivity index (χ4n) is 2.03. The van der Waals surface area contributed by atoms with Gasteiger partial charge in [-0.05, 0) is 12.8 Å². The summed E-state index contributed by atoms with van der Waals surface area (Å²) in [6.07, 6.45) is 0.939. The smallest absolute Gasteiger partial charge is 0.326 e. The number of aliphatic hydroxyl groups excluding tert-OH is 1. The number of nitrogens with two attached hydrogens (primary N) is 1. The number of likely N-dealkylation sites (tertiary alicyclic amines) is 1. The van der Waals surface area contributed by atoms with Crippen molar-refractivity contribution in [3.63, 3.8) is 0 Å². The number of thiol groups is 1. The van der Waals surface area contributed by atoms with Gasteiger partial charge in [0.25, 0.3) is 0 Å². The Morgan fingerprint density at radius 1 is 1.45 bits per heavy atom. The summed E-state index contributed by atoms with van der Waals surface area (Å²) < 4.78 is 0. The first-order valence-corrected chi connectivity index (χ1v) is 6.86. The normalized spacial score (nSPS) is 21.4. The topological polar surface area (TPSA) is 133 Å². The molecule has 1 heterocycles. The molecule has 0 radical (unpaired) electrons. The summed E-state index contributed by atoms with van der Waals surface area (Å²) in [7, 11) is 0. The molecular weight excluding hydrogens is 286 g/mol. The van der Waals surface area contributed by atoms with Gasteiger partial charge in [0, 0.05) is 12.3 Å². The predicted octanol–water partition coefficient (Wildman–Crippen LogP) is -2.20. The minimum absolute atomic E-state index is 0.0969. The molecule has 1 aliphatic rings. The Kier molecular flexibility index (Phi) is 6.24. The Labute approximate surface area is 121 Å². The number of carboxylic acid groups (broad SMARTS) is 1. The molecule has 20 heavy (non-hydrogen) atoms. The number of aliphatic carboxylic acids is 1. The summed E-state index contributed by atoms with van der Waals surface area (Å²) in [4.78, 5) is 36.0. The summed E-state index contributed by atoms with van der Waals surface area (Å²) in [6, 6.07) is -2.99. The van der Waals surface area contributed by atoms with Crippen molar-refractivity contribution in [3.8, 4) is 0 Å². The monoisotopic (exact) mass is 305 g/mol. The highest BCUT2D eigenvalue weighted by Crippen LogP contribution is 2.18. The second-order valence-corrected chi connectivity index (χ2v) is 4.93. The summed E-state index contributed by atoms with van der Waals surface area (Å²) in [6.45, 7) is -0.326. The van der Waals surface area contributed by atoms with Crippen molar-refractivity contribution < 1.29 is 24.6 Å². The number of nitrogens with zero attached hydrogens (tertiary/aromatic N) is 1. The highest BCUT2D eigenvalue weighted by Gasteiger charge is 2.37. The fourth-order valence-corrected chi connectivity index (χ4v) is 2.20. The quantitative estimate of drug-likeness (QED) is 0.354. The lowest BCUT2D eigenvalue weighted by Gasteiger charge is -2.26. The number of rotatable bonds is 6. The fraction of sp³-hybridized carbons (Fsp3) is 0.727. The minimum Gasteiger partial charge on any atom is -0.480 e. The van der Waals surface area contributed by atoms with E-state index in [1.807, 2.05) is 0 Å². The maximum atomic E-state index is 12.2. The molecule has 0 aromatic heterocycles. The Morgan fingerprint density at radius 3 is 2.60 bits per heavy atom. The molecular formula is C11H19N3O5S. The van der Waals surface area contributed by atoms with Gasteiger partial charge < -0.3 is 26.2 Å². The Balaban J connectivity index is 2.72. The van der Waals surface area contributed by atoms with Crippen molar-refractivity contribution in [1.82, 2.24) is 10.2 Å². The van der Waals surface area contributed by atoms with E-state index in [0.717, 1.165) is 4.90 Å². The van der Waals surface area contributed by atoms with E-state index >= 15 is 0 Å². The Morgan fingerprint density at radius 2 is 2.10 bits per heavy atom. The Bertz CT molecular complexity index is 392. The third-order valence-corrected chi connectivity index (χ3v) is 3.54. The van der Waals surface area contributed by atoms with E-state index in [-0.39, 0.29) is 5.75 Å². The number of carbonyl (C=O) groups excluding carboxylic acids is 2. The van der Waals surface area contributed by atoms with Crippen LogP contribution < -0.4 is 11.1 Å². The van der Waals surface area contributed by atoms with Gasteiger partial charge in [-0.25, -0.2) is 4.79 Å². The van der Waals surface area contributed by atoms with E-state index in [4.69, 9.17) is 10.8 Å². The number of hydrogen-bond donors (Lipinski definition) is 5. The molecule has 114 valence electrons. The largest absolute Gasteiger partial charge is 0.480 e. The molecule has 1 aliphatic heterocycles. The minimum atomic E-state index is -1.19. The Hall–Kier alpha value is -1.32. The zero-order valence-electron chi connectivity index (χ0n) is 10.9. The summed E-state index contributed by atoms with van der Waals surface area (Å²) in [5.74, 6) is -2.22. The summed E-state index contributed by atoms with van der Waals surface area (Å²) in [5.41, 5.74) is 5.46. The van der Waals surface area contributed by atoms with Gasteiger partial charge in [0.05, 0.1) is 12.6 Å². The van der Waals surface area contributed by atoms with Crippen LogP contribution in [-0.2, 0) is 14.4 Å². The third-order valence-electron chi connectivity index (χ3n) is 3.15. The molecule has 0 spiro atoms. The summed E-state index contributed by atoms with van der Waals surface area (Å²) >= 11 is 3.87. The molecule has 8 nitrogen and oxygen atoms in total. The number of carbonyl (C=O) groups is 3. The van der Waals surface area contributed by atoms with Crippen LogP contribution in [0.15, 0.2) is 0 Å². The second-order valence-electron chi connectivity index (χ2n) is 4.56. The molecule has 1 saturated heterocycles. The van der Waals surface area contributed by atoms with Crippen LogP contribution >= 0.6 is 12.6 Å². The van der Waals surface area contributed by atoms with Crippen LogP contribution in [0.2, 0.25) is 0 Å². The average molecular weight is 305 g/mol. The van der Waals surface area contributed by atoms with E-state index in [0.29, 0.717) is 19.4 Å². The molecule has 5 N–H and O–H groups in total. The van der Waals surface area contributed by atoms with Gasteiger partial charge in [-0.2, -0.15) is 12.6 Å². The number of aliphatic hydroxyl groups is 1. The lowest BCUT2D eigenvalue weighted by molar-refractivity contribution is -0.149. The lowest BCUT2D eigenvalue weighted by atomic mass is 10.2. The van der Waals surface area contributed by atoms with Crippen LogP contribution in [0.3, 0.4) is 0 Å². The molecule has 3 atom stereocenters. The van der Waals surface area contributed by atoms with Crippen molar-refractivity contribution >= 4 is 30.4 Å². The molecule has 2 amide bonds. The van der Waals surface area contributed by atoms with Crippen LogP contribution in [0, 0.1) is 0 Å². The van der Waals surface area contributed by atoms with Crippen LogP contribution in [0.4, 0.5) is 0 Å². The molecule has 0 saturated carbocycles. The van der Waals surface area contributed by atoms with E-state index in [2.05, 4.69) is 17.9 Å². The first kappa shape index (κ1) is 16.7. The maximum Gasteiger partial charge on any atom is 0.326 e. The van der Waals surface area contributed by atoms with Gasteiger partial charge in [-0.15, -0.1) is 0 Å². The van der Waals surface area contributed by atoms with Gasteiger partial charge in [-0.1, -0.05) is 0 Å². The van der Waals surface area contributed by atoms with Crippen LogP contribution in [0.25, 0.3) is 0 Å². The van der Waals surface area contributed by atoms with Crippen LogP contribution in [0.1, 0.15) is 12.8 Å². The highest BCUT2D eigenvalue weighted by atomic mass is 32.1. The lowest BCUT2D eigenvalue weighted by Crippen LogP contribution is -2.56. The molecule has 0 aromatic carbocycles. The van der Waals surface area contributed by atoms with Gasteiger partial charge >= 0.3 is 5.97 Å².